The third-order valence-corrected chi connectivity index (χ3v) is 6.26. The van der Waals surface area contributed by atoms with Gasteiger partial charge in [0.1, 0.15) is 11.6 Å². The summed E-state index contributed by atoms with van der Waals surface area (Å²) < 4.78 is 45.5. The van der Waals surface area contributed by atoms with Crippen molar-refractivity contribution in [3.8, 4) is 5.75 Å². The van der Waals surface area contributed by atoms with Gasteiger partial charge in [0.15, 0.2) is 0 Å². The molecule has 25 heavy (non-hydrogen) atoms. The van der Waals surface area contributed by atoms with Crippen molar-refractivity contribution >= 4 is 10.0 Å². The fourth-order valence-electron chi connectivity index (χ4n) is 2.98. The molecule has 5 nitrogen and oxygen atoms in total. The normalized spacial score (nSPS) is 16.7. The van der Waals surface area contributed by atoms with E-state index in [1.165, 1.54) is 16.4 Å². The van der Waals surface area contributed by atoms with Gasteiger partial charge in [0.05, 0.1) is 12.0 Å². The van der Waals surface area contributed by atoms with E-state index in [-0.39, 0.29) is 5.82 Å². The van der Waals surface area contributed by atoms with E-state index < -0.39 is 10.0 Å². The van der Waals surface area contributed by atoms with Crippen LogP contribution in [-0.4, -0.2) is 50.9 Å². The highest BCUT2D eigenvalue weighted by Gasteiger charge is 2.28. The van der Waals surface area contributed by atoms with Crippen molar-refractivity contribution in [3.05, 3.63) is 59.9 Å². The molecule has 1 heterocycles. The van der Waals surface area contributed by atoms with Crippen molar-refractivity contribution in [1.29, 1.82) is 0 Å². The van der Waals surface area contributed by atoms with E-state index in [1.807, 2.05) is 0 Å². The lowest BCUT2D eigenvalue weighted by molar-refractivity contribution is 0.180. The van der Waals surface area contributed by atoms with Gasteiger partial charge in [-0.3, -0.25) is 4.90 Å². The Labute approximate surface area is 147 Å². The van der Waals surface area contributed by atoms with Crippen molar-refractivity contribution < 1.29 is 17.5 Å². The van der Waals surface area contributed by atoms with Crippen LogP contribution >= 0.6 is 0 Å². The second kappa shape index (κ2) is 7.51. The molecule has 0 amide bonds. The Balaban J connectivity index is 1.66. The Hall–Kier alpha value is -1.96. The van der Waals surface area contributed by atoms with Gasteiger partial charge in [-0.1, -0.05) is 18.2 Å². The Morgan fingerprint density at radius 3 is 2.36 bits per heavy atom. The van der Waals surface area contributed by atoms with Gasteiger partial charge in [-0.2, -0.15) is 4.31 Å². The number of piperazine rings is 1. The van der Waals surface area contributed by atoms with Crippen LogP contribution < -0.4 is 4.74 Å². The standard InChI is InChI=1S/C18H21FN2O3S/c1-24-18-8-7-16(19)13-15(18)14-20-9-11-21(12-10-20)25(22,23)17-5-3-2-4-6-17/h2-8,13H,9-12,14H2,1H3. The molecule has 1 aliphatic rings. The summed E-state index contributed by atoms with van der Waals surface area (Å²) in [5.41, 5.74) is 0.766. The number of rotatable bonds is 5. The van der Waals surface area contributed by atoms with Crippen LogP contribution in [0.2, 0.25) is 0 Å². The van der Waals surface area contributed by atoms with Crippen molar-refractivity contribution in [3.63, 3.8) is 0 Å². The van der Waals surface area contributed by atoms with Crippen LogP contribution in [0, 0.1) is 5.82 Å². The van der Waals surface area contributed by atoms with Crippen molar-refractivity contribution in [1.82, 2.24) is 9.21 Å². The number of benzene rings is 2. The molecule has 0 unspecified atom stereocenters. The summed E-state index contributed by atoms with van der Waals surface area (Å²) in [6.07, 6.45) is 0. The number of nitrogens with zero attached hydrogens (tertiary/aromatic N) is 2. The zero-order chi connectivity index (χ0) is 17.9. The molecule has 0 aliphatic carbocycles. The summed E-state index contributed by atoms with van der Waals surface area (Å²) in [4.78, 5) is 2.42. The number of ether oxygens (including phenoxy) is 1. The molecule has 1 fully saturated rings. The van der Waals surface area contributed by atoms with Crippen LogP contribution in [0.5, 0.6) is 5.75 Å². The smallest absolute Gasteiger partial charge is 0.243 e. The van der Waals surface area contributed by atoms with Gasteiger partial charge in [-0.15, -0.1) is 0 Å². The number of sulfonamides is 1. The maximum atomic E-state index is 13.5. The first-order valence-corrected chi connectivity index (χ1v) is 9.54. The van der Waals surface area contributed by atoms with Gasteiger partial charge in [0, 0.05) is 38.3 Å². The molecule has 0 saturated carbocycles. The number of halogens is 1. The predicted molar refractivity (Wildman–Crippen MR) is 93.4 cm³/mol. The summed E-state index contributed by atoms with van der Waals surface area (Å²) in [6, 6.07) is 12.9. The Kier molecular flexibility index (Phi) is 5.36. The topological polar surface area (TPSA) is 49.9 Å². The predicted octanol–water partition coefficient (Wildman–Crippen LogP) is 2.34. The number of hydrogen-bond acceptors (Lipinski definition) is 4. The molecule has 0 aromatic heterocycles. The first-order valence-electron chi connectivity index (χ1n) is 8.10. The molecular weight excluding hydrogens is 343 g/mol. The minimum atomic E-state index is -3.46. The molecule has 0 radical (unpaired) electrons. The lowest BCUT2D eigenvalue weighted by atomic mass is 10.1. The van der Waals surface area contributed by atoms with Gasteiger partial charge < -0.3 is 4.74 Å². The quantitative estimate of drug-likeness (QED) is 0.817. The highest BCUT2D eigenvalue weighted by atomic mass is 32.2. The van der Waals surface area contributed by atoms with Crippen LogP contribution in [0.1, 0.15) is 5.56 Å². The Morgan fingerprint density at radius 2 is 1.72 bits per heavy atom. The summed E-state index contributed by atoms with van der Waals surface area (Å²) >= 11 is 0. The highest BCUT2D eigenvalue weighted by Crippen LogP contribution is 2.23. The minimum Gasteiger partial charge on any atom is -0.496 e. The van der Waals surface area contributed by atoms with Crippen LogP contribution in [0.25, 0.3) is 0 Å². The third kappa shape index (κ3) is 4.00. The van der Waals surface area contributed by atoms with Crippen LogP contribution in [0.3, 0.4) is 0 Å². The van der Waals surface area contributed by atoms with Gasteiger partial charge in [0.25, 0.3) is 0 Å². The summed E-state index contributed by atoms with van der Waals surface area (Å²) in [7, 11) is -1.90. The molecule has 2 aromatic carbocycles. The highest BCUT2D eigenvalue weighted by molar-refractivity contribution is 7.89. The minimum absolute atomic E-state index is 0.305. The van der Waals surface area contributed by atoms with Crippen molar-refractivity contribution in [2.45, 2.75) is 11.4 Å². The Bertz CT molecular complexity index is 819. The fraction of sp³-hybridized carbons (Fsp3) is 0.333. The number of methoxy groups -OCH3 is 1. The molecule has 1 saturated heterocycles. The maximum Gasteiger partial charge on any atom is 0.243 e. The average Bonchev–Trinajstić information content (AvgIpc) is 2.63. The molecule has 0 spiro atoms. The zero-order valence-electron chi connectivity index (χ0n) is 14.1. The zero-order valence-corrected chi connectivity index (χ0v) is 14.9. The van der Waals surface area contributed by atoms with E-state index >= 15 is 0 Å². The summed E-state index contributed by atoms with van der Waals surface area (Å²) in [5, 5.41) is 0. The summed E-state index contributed by atoms with van der Waals surface area (Å²) in [6.45, 7) is 2.53. The molecule has 0 N–H and O–H groups in total. The molecule has 3 rings (SSSR count). The second-order valence-electron chi connectivity index (χ2n) is 5.95. The monoisotopic (exact) mass is 364 g/mol. The molecule has 2 aromatic rings. The van der Waals surface area contributed by atoms with Crippen LogP contribution in [0.15, 0.2) is 53.4 Å². The van der Waals surface area contributed by atoms with E-state index in [0.29, 0.717) is 43.4 Å². The van der Waals surface area contributed by atoms with Crippen LogP contribution in [0.4, 0.5) is 4.39 Å². The van der Waals surface area contributed by atoms with E-state index in [1.54, 1.807) is 43.5 Å². The van der Waals surface area contributed by atoms with Gasteiger partial charge in [0.2, 0.25) is 10.0 Å². The lowest BCUT2D eigenvalue weighted by Gasteiger charge is -2.34. The van der Waals surface area contributed by atoms with E-state index in [9.17, 15) is 12.8 Å². The maximum absolute atomic E-state index is 13.5. The molecule has 0 bridgehead atoms. The molecule has 7 heteroatoms. The van der Waals surface area contributed by atoms with E-state index in [0.717, 1.165) is 5.56 Å². The fourth-order valence-corrected chi connectivity index (χ4v) is 4.42. The van der Waals surface area contributed by atoms with Gasteiger partial charge in [-0.25, -0.2) is 12.8 Å². The first-order chi connectivity index (χ1) is 12.0. The third-order valence-electron chi connectivity index (χ3n) is 4.35. The number of hydrogen-bond donors (Lipinski definition) is 0. The van der Waals surface area contributed by atoms with E-state index in [2.05, 4.69) is 4.90 Å². The van der Waals surface area contributed by atoms with E-state index in [4.69, 9.17) is 4.74 Å². The molecule has 134 valence electrons. The SMILES string of the molecule is COc1ccc(F)cc1CN1CCN(S(=O)(=O)c2ccccc2)CC1. The summed E-state index contributed by atoms with van der Waals surface area (Å²) in [5.74, 6) is 0.335. The van der Waals surface area contributed by atoms with Gasteiger partial charge >= 0.3 is 0 Å². The molecular formula is C18H21FN2O3S. The Morgan fingerprint density at radius 1 is 1.04 bits per heavy atom. The molecule has 1 aliphatic heterocycles. The average molecular weight is 364 g/mol. The largest absolute Gasteiger partial charge is 0.496 e. The van der Waals surface area contributed by atoms with Gasteiger partial charge in [-0.05, 0) is 30.3 Å². The van der Waals surface area contributed by atoms with Crippen LogP contribution in [-0.2, 0) is 16.6 Å². The second-order valence-corrected chi connectivity index (χ2v) is 7.89. The first kappa shape index (κ1) is 17.8. The van der Waals surface area contributed by atoms with Crippen molar-refractivity contribution in [2.24, 2.45) is 0 Å². The van der Waals surface area contributed by atoms with Crippen molar-refractivity contribution in [2.75, 3.05) is 33.3 Å². The molecule has 0 atom stereocenters. The lowest BCUT2D eigenvalue weighted by Crippen LogP contribution is -2.48.